The van der Waals surface area contributed by atoms with Crippen molar-refractivity contribution in [1.29, 1.82) is 0 Å². The zero-order valence-corrected chi connectivity index (χ0v) is 6.49. The maximum Gasteiger partial charge on any atom is 0.139 e. The first-order valence-electron chi connectivity index (χ1n) is 3.74. The lowest BCUT2D eigenvalue weighted by Gasteiger charge is -2.01. The van der Waals surface area contributed by atoms with Crippen LogP contribution in [0.4, 0.5) is 5.69 Å². The number of fused-ring (bicyclic) bond motifs is 1. The Balaban J connectivity index is 2.84. The number of phenolic OH excluding ortho intramolecular Hbond substituents is 1. The minimum atomic E-state index is 0.147. The second-order valence-corrected chi connectivity index (χ2v) is 2.76. The fourth-order valence-electron chi connectivity index (χ4n) is 1.25. The van der Waals surface area contributed by atoms with E-state index in [1.54, 1.807) is 12.1 Å². The Bertz CT molecular complexity index is 383. The fourth-order valence-corrected chi connectivity index (χ4v) is 1.25. The van der Waals surface area contributed by atoms with Crippen molar-refractivity contribution >= 4 is 16.5 Å². The van der Waals surface area contributed by atoms with Gasteiger partial charge in [-0.15, -0.1) is 0 Å². The average Bonchev–Trinajstić information content (AvgIpc) is 2.07. The Hall–Kier alpha value is -1.70. The van der Waals surface area contributed by atoms with Gasteiger partial charge in [0, 0.05) is 0 Å². The van der Waals surface area contributed by atoms with Crippen LogP contribution in [0.25, 0.3) is 10.8 Å². The number of anilines is 1. The zero-order chi connectivity index (χ0) is 8.55. The van der Waals surface area contributed by atoms with E-state index < -0.39 is 0 Å². The summed E-state index contributed by atoms with van der Waals surface area (Å²) >= 11 is 0. The normalized spacial score (nSPS) is 10.3. The van der Waals surface area contributed by atoms with Gasteiger partial charge in [0.25, 0.3) is 0 Å². The molecule has 0 atom stereocenters. The number of aromatic hydroxyl groups is 1. The molecule has 0 unspecified atom stereocenters. The van der Waals surface area contributed by atoms with Crippen LogP contribution in [-0.2, 0) is 0 Å². The molecule has 0 amide bonds. The summed E-state index contributed by atoms with van der Waals surface area (Å²) in [6, 6.07) is 11.2. The van der Waals surface area contributed by atoms with Crippen LogP contribution in [0.1, 0.15) is 0 Å². The highest BCUT2D eigenvalue weighted by Gasteiger charge is 1.98. The molecule has 0 aliphatic rings. The lowest BCUT2D eigenvalue weighted by atomic mass is 10.1. The summed E-state index contributed by atoms with van der Waals surface area (Å²) in [5, 5.41) is 11.3. The molecule has 0 fully saturated rings. The Labute approximate surface area is 70.2 Å². The number of hydrogen-bond donors (Lipinski definition) is 2. The quantitative estimate of drug-likeness (QED) is 0.457. The topological polar surface area (TPSA) is 46.2 Å². The third kappa shape index (κ3) is 0.975. The van der Waals surface area contributed by atoms with E-state index in [4.69, 9.17) is 5.73 Å². The third-order valence-corrected chi connectivity index (χ3v) is 1.90. The molecule has 0 aromatic heterocycles. The van der Waals surface area contributed by atoms with Gasteiger partial charge in [-0.05, 0) is 22.9 Å². The van der Waals surface area contributed by atoms with Crippen LogP contribution in [0.5, 0.6) is 5.75 Å². The average molecular weight is 159 g/mol. The summed E-state index contributed by atoms with van der Waals surface area (Å²) in [7, 11) is 0. The molecular weight excluding hydrogens is 150 g/mol. The molecule has 2 rings (SSSR count). The smallest absolute Gasteiger partial charge is 0.139 e. The summed E-state index contributed by atoms with van der Waals surface area (Å²) in [4.78, 5) is 0. The summed E-state index contributed by atoms with van der Waals surface area (Å²) in [6.07, 6.45) is 0. The number of nitrogen functional groups attached to an aromatic ring is 1. The molecule has 12 heavy (non-hydrogen) atoms. The first-order valence-corrected chi connectivity index (χ1v) is 3.74. The van der Waals surface area contributed by atoms with E-state index in [0.29, 0.717) is 5.69 Å². The number of hydrogen-bond acceptors (Lipinski definition) is 2. The molecule has 0 heterocycles. The molecular formula is C10H9NO. The van der Waals surface area contributed by atoms with Crippen molar-refractivity contribution in [2.45, 2.75) is 0 Å². The highest BCUT2D eigenvalue weighted by molar-refractivity contribution is 5.87. The number of benzene rings is 2. The van der Waals surface area contributed by atoms with E-state index in [-0.39, 0.29) is 5.75 Å². The fraction of sp³-hybridized carbons (Fsp3) is 0. The van der Waals surface area contributed by atoms with Crippen LogP contribution in [0.3, 0.4) is 0 Å². The largest absolute Gasteiger partial charge is 0.506 e. The lowest BCUT2D eigenvalue weighted by Crippen LogP contribution is -1.84. The van der Waals surface area contributed by atoms with E-state index in [2.05, 4.69) is 0 Å². The minimum Gasteiger partial charge on any atom is -0.506 e. The van der Waals surface area contributed by atoms with Gasteiger partial charge >= 0.3 is 0 Å². The first kappa shape index (κ1) is 6.98. The lowest BCUT2D eigenvalue weighted by molar-refractivity contribution is 0.479. The van der Waals surface area contributed by atoms with Crippen molar-refractivity contribution in [3.63, 3.8) is 0 Å². The number of phenols is 1. The van der Waals surface area contributed by atoms with Gasteiger partial charge in [0.1, 0.15) is 5.75 Å². The standard InChI is InChI=1S/C10H9NO/c11-9-5-7-3-1-2-4-8(7)6-10(9)12/h1-6,12H,11H2. The van der Waals surface area contributed by atoms with Crippen LogP contribution in [0, 0.1) is 0 Å². The van der Waals surface area contributed by atoms with Gasteiger partial charge in [-0.2, -0.15) is 0 Å². The van der Waals surface area contributed by atoms with E-state index in [9.17, 15) is 5.11 Å². The van der Waals surface area contributed by atoms with E-state index >= 15 is 0 Å². The predicted molar refractivity (Wildman–Crippen MR) is 50.0 cm³/mol. The molecule has 2 heteroatoms. The zero-order valence-electron chi connectivity index (χ0n) is 6.49. The van der Waals surface area contributed by atoms with Gasteiger partial charge in [-0.1, -0.05) is 24.3 Å². The third-order valence-electron chi connectivity index (χ3n) is 1.90. The van der Waals surface area contributed by atoms with Crippen molar-refractivity contribution in [3.05, 3.63) is 36.4 Å². The highest BCUT2D eigenvalue weighted by atomic mass is 16.3. The van der Waals surface area contributed by atoms with Crippen LogP contribution in [-0.4, -0.2) is 5.11 Å². The highest BCUT2D eigenvalue weighted by Crippen LogP contribution is 2.26. The maximum absolute atomic E-state index is 9.29. The molecule has 0 aliphatic heterocycles. The molecule has 3 N–H and O–H groups in total. The van der Waals surface area contributed by atoms with Crippen LogP contribution >= 0.6 is 0 Å². The predicted octanol–water partition coefficient (Wildman–Crippen LogP) is 2.13. The van der Waals surface area contributed by atoms with E-state index in [1.165, 1.54) is 0 Å². The van der Waals surface area contributed by atoms with Crippen molar-refractivity contribution < 1.29 is 5.11 Å². The molecule has 0 aliphatic carbocycles. The monoisotopic (exact) mass is 159 g/mol. The molecule has 2 aromatic rings. The minimum absolute atomic E-state index is 0.147. The second-order valence-electron chi connectivity index (χ2n) is 2.76. The Kier molecular flexibility index (Phi) is 1.40. The van der Waals surface area contributed by atoms with Crippen LogP contribution in [0.2, 0.25) is 0 Å². The van der Waals surface area contributed by atoms with Crippen molar-refractivity contribution in [2.75, 3.05) is 5.73 Å². The van der Waals surface area contributed by atoms with Crippen molar-refractivity contribution in [3.8, 4) is 5.75 Å². The molecule has 0 saturated heterocycles. The first-order chi connectivity index (χ1) is 5.77. The second kappa shape index (κ2) is 2.41. The van der Waals surface area contributed by atoms with Crippen LogP contribution in [0.15, 0.2) is 36.4 Å². The SMILES string of the molecule is Nc1cc2ccccc2cc1O. The number of nitrogens with two attached hydrogens (primary N) is 1. The van der Waals surface area contributed by atoms with Gasteiger partial charge in [-0.25, -0.2) is 0 Å². The number of rotatable bonds is 0. The van der Waals surface area contributed by atoms with Crippen molar-refractivity contribution in [2.24, 2.45) is 0 Å². The summed E-state index contributed by atoms with van der Waals surface area (Å²) < 4.78 is 0. The Morgan fingerprint density at radius 3 is 2.25 bits per heavy atom. The van der Waals surface area contributed by atoms with Gasteiger partial charge in [0.05, 0.1) is 5.69 Å². The summed E-state index contributed by atoms with van der Waals surface area (Å²) in [5.41, 5.74) is 5.96. The molecule has 2 aromatic carbocycles. The van der Waals surface area contributed by atoms with Gasteiger partial charge in [0.15, 0.2) is 0 Å². The molecule has 0 saturated carbocycles. The Morgan fingerprint density at radius 1 is 1.00 bits per heavy atom. The van der Waals surface area contributed by atoms with E-state index in [0.717, 1.165) is 10.8 Å². The summed E-state index contributed by atoms with van der Waals surface area (Å²) in [5.74, 6) is 0.147. The maximum atomic E-state index is 9.29. The molecule has 2 nitrogen and oxygen atoms in total. The Morgan fingerprint density at radius 2 is 1.58 bits per heavy atom. The van der Waals surface area contributed by atoms with Gasteiger partial charge < -0.3 is 10.8 Å². The van der Waals surface area contributed by atoms with Crippen LogP contribution < -0.4 is 5.73 Å². The van der Waals surface area contributed by atoms with Gasteiger partial charge in [0.2, 0.25) is 0 Å². The van der Waals surface area contributed by atoms with Crippen molar-refractivity contribution in [1.82, 2.24) is 0 Å². The van der Waals surface area contributed by atoms with Gasteiger partial charge in [-0.3, -0.25) is 0 Å². The molecule has 0 bridgehead atoms. The summed E-state index contributed by atoms with van der Waals surface area (Å²) in [6.45, 7) is 0. The molecule has 0 radical (unpaired) electrons. The molecule has 60 valence electrons. The van der Waals surface area contributed by atoms with E-state index in [1.807, 2.05) is 24.3 Å². The molecule has 0 spiro atoms.